The van der Waals surface area contributed by atoms with E-state index >= 15 is 0 Å². The van der Waals surface area contributed by atoms with Crippen LogP contribution in [0.5, 0.6) is 0 Å². The number of amides is 1. The van der Waals surface area contributed by atoms with Crippen LogP contribution in [0.2, 0.25) is 0 Å². The van der Waals surface area contributed by atoms with Crippen LogP contribution in [0.25, 0.3) is 0 Å². The highest BCUT2D eigenvalue weighted by molar-refractivity contribution is 5.83. The van der Waals surface area contributed by atoms with Crippen LogP contribution in [0.1, 0.15) is 30.5 Å². The van der Waals surface area contributed by atoms with Gasteiger partial charge in [-0.05, 0) is 25.8 Å². The Morgan fingerprint density at radius 1 is 1.28 bits per heavy atom. The molecule has 0 aromatic heterocycles. The largest absolute Gasteiger partial charge is 0.337 e. The van der Waals surface area contributed by atoms with Gasteiger partial charge in [-0.15, -0.1) is 0 Å². The predicted molar refractivity (Wildman–Crippen MR) is 73.1 cm³/mol. The van der Waals surface area contributed by atoms with Gasteiger partial charge >= 0.3 is 0 Å². The summed E-state index contributed by atoms with van der Waals surface area (Å²) in [7, 11) is 0. The van der Waals surface area contributed by atoms with Crippen molar-refractivity contribution in [1.29, 1.82) is 0 Å². The number of rotatable bonds is 2. The zero-order chi connectivity index (χ0) is 13.1. The molecule has 18 heavy (non-hydrogen) atoms. The van der Waals surface area contributed by atoms with E-state index in [0.717, 1.165) is 18.5 Å². The van der Waals surface area contributed by atoms with Gasteiger partial charge in [0.25, 0.3) is 0 Å². The van der Waals surface area contributed by atoms with E-state index in [1.54, 1.807) is 0 Å². The fourth-order valence-electron chi connectivity index (χ4n) is 2.08. The average molecular weight is 244 g/mol. The molecule has 2 N–H and O–H groups in total. The van der Waals surface area contributed by atoms with E-state index in [4.69, 9.17) is 5.73 Å². The standard InChI is InChI=1S/C15H20N2O/c1-11-3-5-13(6-4-11)14(16)15(18)17-9-7-12(2)8-10-17/h3-7,14H,8-10,16H2,1-2H3. The van der Waals surface area contributed by atoms with Gasteiger partial charge in [0, 0.05) is 13.1 Å². The highest BCUT2D eigenvalue weighted by Gasteiger charge is 2.23. The quantitative estimate of drug-likeness (QED) is 0.810. The molecule has 1 aromatic carbocycles. The van der Waals surface area contributed by atoms with Crippen molar-refractivity contribution in [2.45, 2.75) is 26.3 Å². The molecule has 0 radical (unpaired) electrons. The van der Waals surface area contributed by atoms with Gasteiger partial charge in [-0.3, -0.25) is 4.79 Å². The van der Waals surface area contributed by atoms with Gasteiger partial charge in [0.15, 0.2) is 0 Å². The van der Waals surface area contributed by atoms with Crippen LogP contribution < -0.4 is 5.73 Å². The lowest BCUT2D eigenvalue weighted by molar-refractivity contribution is -0.132. The fourth-order valence-corrected chi connectivity index (χ4v) is 2.08. The molecule has 0 saturated carbocycles. The van der Waals surface area contributed by atoms with Crippen LogP contribution in [-0.4, -0.2) is 23.9 Å². The van der Waals surface area contributed by atoms with E-state index < -0.39 is 6.04 Å². The van der Waals surface area contributed by atoms with Crippen molar-refractivity contribution >= 4 is 5.91 Å². The van der Waals surface area contributed by atoms with Crippen molar-refractivity contribution in [3.8, 4) is 0 Å². The number of nitrogens with zero attached hydrogens (tertiary/aromatic N) is 1. The molecule has 2 rings (SSSR count). The summed E-state index contributed by atoms with van der Waals surface area (Å²) in [6.07, 6.45) is 3.05. The molecule has 1 unspecified atom stereocenters. The number of hydrogen-bond acceptors (Lipinski definition) is 2. The van der Waals surface area contributed by atoms with Crippen LogP contribution in [0.4, 0.5) is 0 Å². The summed E-state index contributed by atoms with van der Waals surface area (Å²) < 4.78 is 0. The first-order chi connectivity index (χ1) is 8.58. The fraction of sp³-hybridized carbons (Fsp3) is 0.400. The van der Waals surface area contributed by atoms with Crippen molar-refractivity contribution in [1.82, 2.24) is 4.90 Å². The molecule has 0 spiro atoms. The number of nitrogens with two attached hydrogens (primary N) is 1. The van der Waals surface area contributed by atoms with E-state index in [0.29, 0.717) is 6.54 Å². The monoisotopic (exact) mass is 244 g/mol. The van der Waals surface area contributed by atoms with Crippen LogP contribution in [-0.2, 0) is 4.79 Å². The molecule has 1 atom stereocenters. The number of carbonyl (C=O) groups excluding carboxylic acids is 1. The van der Waals surface area contributed by atoms with Crippen LogP contribution >= 0.6 is 0 Å². The lowest BCUT2D eigenvalue weighted by Gasteiger charge is -2.28. The number of aryl methyl sites for hydroxylation is 1. The molecule has 0 saturated heterocycles. The third-order valence-electron chi connectivity index (χ3n) is 3.45. The van der Waals surface area contributed by atoms with Crippen molar-refractivity contribution in [2.75, 3.05) is 13.1 Å². The molecular weight excluding hydrogens is 224 g/mol. The Labute approximate surface area is 108 Å². The predicted octanol–water partition coefficient (Wildman–Crippen LogP) is 2.17. The summed E-state index contributed by atoms with van der Waals surface area (Å²) in [5.41, 5.74) is 9.45. The van der Waals surface area contributed by atoms with E-state index in [2.05, 4.69) is 13.0 Å². The Hall–Kier alpha value is -1.61. The molecule has 1 aromatic rings. The SMILES string of the molecule is CC1=CCN(C(=O)C(N)c2ccc(C)cc2)CC1. The second-order valence-corrected chi connectivity index (χ2v) is 4.97. The number of benzene rings is 1. The second kappa shape index (κ2) is 5.36. The Bertz CT molecular complexity index is 462. The highest BCUT2D eigenvalue weighted by Crippen LogP contribution is 2.17. The average Bonchev–Trinajstić information content (AvgIpc) is 2.39. The maximum atomic E-state index is 12.3. The molecule has 0 aliphatic carbocycles. The molecule has 1 amide bonds. The summed E-state index contributed by atoms with van der Waals surface area (Å²) in [4.78, 5) is 14.1. The lowest BCUT2D eigenvalue weighted by Crippen LogP contribution is -2.40. The first-order valence-electron chi connectivity index (χ1n) is 6.34. The molecule has 3 nitrogen and oxygen atoms in total. The summed E-state index contributed by atoms with van der Waals surface area (Å²) in [6, 6.07) is 7.30. The van der Waals surface area contributed by atoms with E-state index in [1.807, 2.05) is 36.1 Å². The molecule has 0 bridgehead atoms. The summed E-state index contributed by atoms with van der Waals surface area (Å²) >= 11 is 0. The molecule has 1 aliphatic rings. The molecule has 1 heterocycles. The van der Waals surface area contributed by atoms with E-state index in [9.17, 15) is 4.79 Å². The Balaban J connectivity index is 2.07. The van der Waals surface area contributed by atoms with Crippen molar-refractivity contribution in [3.05, 3.63) is 47.0 Å². The Kier molecular flexibility index (Phi) is 3.82. The summed E-state index contributed by atoms with van der Waals surface area (Å²) in [5, 5.41) is 0. The number of hydrogen-bond donors (Lipinski definition) is 1. The lowest BCUT2D eigenvalue weighted by atomic mass is 10.0. The van der Waals surface area contributed by atoms with Gasteiger partial charge in [-0.25, -0.2) is 0 Å². The van der Waals surface area contributed by atoms with Crippen molar-refractivity contribution in [3.63, 3.8) is 0 Å². The van der Waals surface area contributed by atoms with Gasteiger partial charge in [0.05, 0.1) is 0 Å². The Morgan fingerprint density at radius 2 is 1.94 bits per heavy atom. The van der Waals surface area contributed by atoms with Crippen LogP contribution in [0.3, 0.4) is 0 Å². The van der Waals surface area contributed by atoms with Gasteiger partial charge in [-0.2, -0.15) is 0 Å². The van der Waals surface area contributed by atoms with Crippen molar-refractivity contribution in [2.24, 2.45) is 5.73 Å². The molecular formula is C15H20N2O. The van der Waals surface area contributed by atoms with Gasteiger partial charge in [0.2, 0.25) is 5.91 Å². The first kappa shape index (κ1) is 12.8. The maximum absolute atomic E-state index is 12.3. The van der Waals surface area contributed by atoms with E-state index in [1.165, 1.54) is 11.1 Å². The zero-order valence-corrected chi connectivity index (χ0v) is 11.0. The van der Waals surface area contributed by atoms with Gasteiger partial charge in [0.1, 0.15) is 6.04 Å². The third-order valence-corrected chi connectivity index (χ3v) is 3.45. The second-order valence-electron chi connectivity index (χ2n) is 4.97. The first-order valence-corrected chi connectivity index (χ1v) is 6.34. The van der Waals surface area contributed by atoms with E-state index in [-0.39, 0.29) is 5.91 Å². The summed E-state index contributed by atoms with van der Waals surface area (Å²) in [6.45, 7) is 5.59. The number of carbonyl (C=O) groups is 1. The smallest absolute Gasteiger partial charge is 0.244 e. The van der Waals surface area contributed by atoms with Crippen LogP contribution in [0.15, 0.2) is 35.9 Å². The third kappa shape index (κ3) is 2.79. The maximum Gasteiger partial charge on any atom is 0.244 e. The van der Waals surface area contributed by atoms with Crippen LogP contribution in [0, 0.1) is 6.92 Å². The topological polar surface area (TPSA) is 46.3 Å². The minimum absolute atomic E-state index is 0.0163. The minimum Gasteiger partial charge on any atom is -0.337 e. The van der Waals surface area contributed by atoms with Crippen molar-refractivity contribution < 1.29 is 4.79 Å². The molecule has 1 aliphatic heterocycles. The highest BCUT2D eigenvalue weighted by atomic mass is 16.2. The molecule has 0 fully saturated rings. The van der Waals surface area contributed by atoms with Gasteiger partial charge < -0.3 is 10.6 Å². The summed E-state index contributed by atoms with van der Waals surface area (Å²) in [5.74, 6) is 0.0163. The van der Waals surface area contributed by atoms with Gasteiger partial charge in [-0.1, -0.05) is 41.5 Å². The Morgan fingerprint density at radius 3 is 2.50 bits per heavy atom. The molecule has 96 valence electrons. The normalized spacial score (nSPS) is 17.3. The minimum atomic E-state index is -0.544. The zero-order valence-electron chi connectivity index (χ0n) is 11.0. The molecule has 3 heteroatoms.